The van der Waals surface area contributed by atoms with Gasteiger partial charge in [0, 0.05) is 56.0 Å². The first kappa shape index (κ1) is 23.4. The number of ether oxygens (including phenoxy) is 2. The number of amides is 1. The number of Topliss-reactive ketones (excluding diaryl/α,β-unsaturated/α-hetero) is 1. The molecule has 0 radical (unpaired) electrons. The molecule has 1 aromatic heterocycles. The minimum absolute atomic E-state index is 0.0565. The summed E-state index contributed by atoms with van der Waals surface area (Å²) in [4.78, 5) is 25.0. The lowest BCUT2D eigenvalue weighted by molar-refractivity contribution is 0.0966. The van der Waals surface area contributed by atoms with Gasteiger partial charge in [0.1, 0.15) is 28.7 Å². The van der Waals surface area contributed by atoms with Gasteiger partial charge in [-0.15, -0.1) is 0 Å². The summed E-state index contributed by atoms with van der Waals surface area (Å²) in [6.45, 7) is 3.72. The molecule has 0 aliphatic carbocycles. The number of fused-ring (bicyclic) bond motifs is 1. The quantitative estimate of drug-likeness (QED) is 0.480. The van der Waals surface area contributed by atoms with Crippen LogP contribution in [0.2, 0.25) is 0 Å². The second-order valence-corrected chi connectivity index (χ2v) is 8.81. The highest BCUT2D eigenvalue weighted by Crippen LogP contribution is 2.43. The topological polar surface area (TPSA) is 103 Å². The summed E-state index contributed by atoms with van der Waals surface area (Å²) in [5.41, 5.74) is 0.514. The Labute approximate surface area is 196 Å². The van der Waals surface area contributed by atoms with Crippen LogP contribution in [0.15, 0.2) is 42.6 Å². The van der Waals surface area contributed by atoms with Crippen molar-refractivity contribution in [2.75, 3.05) is 11.9 Å². The molecule has 0 fully saturated rings. The summed E-state index contributed by atoms with van der Waals surface area (Å²) < 4.78 is 28.2. The lowest BCUT2D eigenvalue weighted by Crippen LogP contribution is -2.24. The van der Waals surface area contributed by atoms with E-state index < -0.39 is 17.3 Å². The van der Waals surface area contributed by atoms with E-state index in [1.165, 1.54) is 12.1 Å². The zero-order valence-corrected chi connectivity index (χ0v) is 19.2. The number of benzene rings is 2. The van der Waals surface area contributed by atoms with Crippen molar-refractivity contribution in [2.24, 2.45) is 7.05 Å². The fourth-order valence-electron chi connectivity index (χ4n) is 3.82. The zero-order valence-electron chi connectivity index (χ0n) is 19.2. The van der Waals surface area contributed by atoms with E-state index in [4.69, 9.17) is 14.6 Å². The smallest absolute Gasteiger partial charge is 0.257 e. The Morgan fingerprint density at radius 2 is 2.06 bits per heavy atom. The molecule has 1 aliphatic heterocycles. The number of aryl methyl sites for hydroxylation is 1. The standard InChI is InChI=1S/C25H26FN3O5/c1-25(2)14-18-21(33-16-6-7-17(19(26)13-16)20(31)5-4-10-30)11-15(12-22(18)34-25)24(32)27-23-8-9-29(3)28-23/h6-9,11-13,30H,4-5,10,14H2,1-3H3,(H,27,28,32). The molecular formula is C25H26FN3O5. The number of nitrogens with zero attached hydrogens (tertiary/aromatic N) is 2. The highest BCUT2D eigenvalue weighted by atomic mass is 19.1. The van der Waals surface area contributed by atoms with Crippen molar-refractivity contribution in [3.63, 3.8) is 0 Å². The number of hydrogen-bond acceptors (Lipinski definition) is 6. The Balaban J connectivity index is 1.63. The molecule has 3 aromatic rings. The van der Waals surface area contributed by atoms with Crippen LogP contribution in [0.1, 0.15) is 53.0 Å². The number of anilines is 1. The van der Waals surface area contributed by atoms with Crippen molar-refractivity contribution >= 4 is 17.5 Å². The molecular weight excluding hydrogens is 441 g/mol. The van der Waals surface area contributed by atoms with Crippen LogP contribution < -0.4 is 14.8 Å². The summed E-state index contributed by atoms with van der Waals surface area (Å²) in [7, 11) is 1.75. The van der Waals surface area contributed by atoms with Crippen molar-refractivity contribution in [1.82, 2.24) is 9.78 Å². The van der Waals surface area contributed by atoms with Crippen LogP contribution >= 0.6 is 0 Å². The molecule has 4 rings (SSSR count). The number of aliphatic hydroxyl groups excluding tert-OH is 1. The van der Waals surface area contributed by atoms with Gasteiger partial charge in [-0.25, -0.2) is 4.39 Å². The van der Waals surface area contributed by atoms with Crippen LogP contribution in [-0.2, 0) is 13.5 Å². The molecule has 0 spiro atoms. The molecule has 2 N–H and O–H groups in total. The van der Waals surface area contributed by atoms with Crippen LogP contribution in [0.4, 0.5) is 10.2 Å². The number of aliphatic hydroxyl groups is 1. The van der Waals surface area contributed by atoms with Gasteiger partial charge in [-0.3, -0.25) is 14.3 Å². The fourth-order valence-corrected chi connectivity index (χ4v) is 3.82. The van der Waals surface area contributed by atoms with Crippen molar-refractivity contribution in [2.45, 2.75) is 38.7 Å². The molecule has 0 atom stereocenters. The summed E-state index contributed by atoms with van der Waals surface area (Å²) in [5.74, 6) is -0.0145. The molecule has 1 aliphatic rings. The SMILES string of the molecule is Cn1ccc(NC(=O)c2cc(Oc3ccc(C(=O)CCCO)c(F)c3)c3c(c2)OC(C)(C)C3)n1. The fraction of sp³-hybridized carbons (Fsp3) is 0.320. The van der Waals surface area contributed by atoms with E-state index in [2.05, 4.69) is 10.4 Å². The Bertz CT molecular complexity index is 1250. The summed E-state index contributed by atoms with van der Waals surface area (Å²) in [6, 6.07) is 8.92. The van der Waals surface area contributed by atoms with Gasteiger partial charge in [0.25, 0.3) is 5.91 Å². The number of carbonyl (C=O) groups excluding carboxylic acids is 2. The van der Waals surface area contributed by atoms with Crippen molar-refractivity contribution < 1.29 is 28.6 Å². The predicted molar refractivity (Wildman–Crippen MR) is 123 cm³/mol. The minimum Gasteiger partial charge on any atom is -0.487 e. The largest absolute Gasteiger partial charge is 0.487 e. The predicted octanol–water partition coefficient (Wildman–Crippen LogP) is 4.27. The Hall–Kier alpha value is -3.72. The Kier molecular flexibility index (Phi) is 6.39. The molecule has 34 heavy (non-hydrogen) atoms. The van der Waals surface area contributed by atoms with Crippen LogP contribution in [0.3, 0.4) is 0 Å². The molecule has 0 bridgehead atoms. The first-order valence-electron chi connectivity index (χ1n) is 10.9. The third-order valence-corrected chi connectivity index (χ3v) is 5.40. The normalized spacial score (nSPS) is 13.8. The second-order valence-electron chi connectivity index (χ2n) is 8.81. The maximum Gasteiger partial charge on any atom is 0.257 e. The van der Waals surface area contributed by atoms with E-state index in [9.17, 15) is 14.0 Å². The zero-order chi connectivity index (χ0) is 24.5. The van der Waals surface area contributed by atoms with Crippen molar-refractivity contribution in [3.8, 4) is 17.2 Å². The first-order chi connectivity index (χ1) is 16.1. The average molecular weight is 467 g/mol. The van der Waals surface area contributed by atoms with E-state index in [1.54, 1.807) is 36.1 Å². The van der Waals surface area contributed by atoms with Crippen LogP contribution in [0.25, 0.3) is 0 Å². The number of carbonyl (C=O) groups is 2. The summed E-state index contributed by atoms with van der Waals surface area (Å²) >= 11 is 0. The van der Waals surface area contributed by atoms with Gasteiger partial charge >= 0.3 is 0 Å². The number of hydrogen-bond donors (Lipinski definition) is 2. The monoisotopic (exact) mass is 467 g/mol. The van der Waals surface area contributed by atoms with E-state index in [-0.39, 0.29) is 36.5 Å². The van der Waals surface area contributed by atoms with Crippen LogP contribution in [0, 0.1) is 5.82 Å². The second kappa shape index (κ2) is 9.26. The first-order valence-corrected chi connectivity index (χ1v) is 10.9. The van der Waals surface area contributed by atoms with Gasteiger partial charge in [-0.1, -0.05) is 0 Å². The Morgan fingerprint density at radius 1 is 1.26 bits per heavy atom. The van der Waals surface area contributed by atoms with Gasteiger partial charge in [-0.05, 0) is 44.5 Å². The molecule has 0 unspecified atom stereocenters. The third-order valence-electron chi connectivity index (χ3n) is 5.40. The average Bonchev–Trinajstić information content (AvgIpc) is 3.32. The maximum atomic E-state index is 14.6. The van der Waals surface area contributed by atoms with Gasteiger partial charge in [0.15, 0.2) is 11.6 Å². The van der Waals surface area contributed by atoms with Crippen LogP contribution in [0.5, 0.6) is 17.2 Å². The van der Waals surface area contributed by atoms with E-state index in [0.717, 1.165) is 11.6 Å². The van der Waals surface area contributed by atoms with Gasteiger partial charge in [0.2, 0.25) is 0 Å². The van der Waals surface area contributed by atoms with Gasteiger partial charge in [0.05, 0.1) is 5.56 Å². The maximum absolute atomic E-state index is 14.6. The lowest BCUT2D eigenvalue weighted by Gasteiger charge is -2.16. The highest BCUT2D eigenvalue weighted by molar-refractivity contribution is 6.04. The van der Waals surface area contributed by atoms with Crippen molar-refractivity contribution in [1.29, 1.82) is 0 Å². The number of ketones is 1. The lowest BCUT2D eigenvalue weighted by atomic mass is 9.99. The highest BCUT2D eigenvalue weighted by Gasteiger charge is 2.34. The number of rotatable bonds is 8. The van der Waals surface area contributed by atoms with Gasteiger partial charge in [-0.2, -0.15) is 5.10 Å². The molecule has 178 valence electrons. The Morgan fingerprint density at radius 3 is 2.74 bits per heavy atom. The number of nitrogens with one attached hydrogen (secondary N) is 1. The molecule has 0 saturated heterocycles. The molecule has 2 aromatic carbocycles. The van der Waals surface area contributed by atoms with Crippen LogP contribution in [-0.4, -0.2) is 38.8 Å². The molecule has 2 heterocycles. The summed E-state index contributed by atoms with van der Waals surface area (Å²) in [5, 5.41) is 15.8. The van der Waals surface area contributed by atoms with Gasteiger partial charge < -0.3 is 19.9 Å². The third kappa shape index (κ3) is 5.09. The molecule has 9 heteroatoms. The van der Waals surface area contributed by atoms with E-state index in [1.807, 2.05) is 13.8 Å². The molecule has 1 amide bonds. The minimum atomic E-state index is -0.710. The van der Waals surface area contributed by atoms with Crippen molar-refractivity contribution in [3.05, 3.63) is 65.1 Å². The van der Waals surface area contributed by atoms with E-state index >= 15 is 0 Å². The number of halogens is 1. The molecule has 8 nitrogen and oxygen atoms in total. The number of aromatic nitrogens is 2. The molecule has 0 saturated carbocycles. The summed E-state index contributed by atoms with van der Waals surface area (Å²) in [6.07, 6.45) is 2.58. The van der Waals surface area contributed by atoms with E-state index in [0.29, 0.717) is 29.3 Å².